The van der Waals surface area contributed by atoms with E-state index < -0.39 is 10.0 Å². The van der Waals surface area contributed by atoms with Gasteiger partial charge in [0, 0.05) is 6.20 Å². The molecule has 0 bridgehead atoms. The third-order valence-electron chi connectivity index (χ3n) is 2.43. The Balaban J connectivity index is 2.11. The van der Waals surface area contributed by atoms with Gasteiger partial charge in [-0.3, -0.25) is 4.40 Å². The number of hydrogen-bond donors (Lipinski definition) is 1. The van der Waals surface area contributed by atoms with Gasteiger partial charge in [0.15, 0.2) is 10.2 Å². The molecule has 1 N–H and O–H groups in total. The fraction of sp³-hybridized carbons (Fsp3) is 0.111. The molecule has 0 saturated heterocycles. The van der Waals surface area contributed by atoms with Crippen LogP contribution < -0.4 is 4.72 Å². The van der Waals surface area contributed by atoms with Gasteiger partial charge in [0.1, 0.15) is 5.65 Å². The van der Waals surface area contributed by atoms with Crippen LogP contribution in [0.4, 0.5) is 5.95 Å². The van der Waals surface area contributed by atoms with Crippen molar-refractivity contribution in [2.75, 3.05) is 4.72 Å². The minimum atomic E-state index is -3.97. The Morgan fingerprint density at radius 2 is 2.15 bits per heavy atom. The van der Waals surface area contributed by atoms with E-state index in [0.717, 1.165) is 4.80 Å². The lowest BCUT2D eigenvalue weighted by atomic mass is 10.5. The second-order valence-corrected chi connectivity index (χ2v) is 5.80. The van der Waals surface area contributed by atoms with Crippen molar-refractivity contribution in [3.8, 4) is 0 Å². The zero-order valence-electron chi connectivity index (χ0n) is 10.1. The summed E-state index contributed by atoms with van der Waals surface area (Å²) < 4.78 is 28.2. The van der Waals surface area contributed by atoms with E-state index >= 15 is 0 Å². The van der Waals surface area contributed by atoms with Crippen LogP contribution in [0.1, 0.15) is 0 Å². The first-order valence-corrected chi connectivity index (χ1v) is 7.23. The summed E-state index contributed by atoms with van der Waals surface area (Å²) in [5, 5.41) is 10.5. The van der Waals surface area contributed by atoms with Crippen LogP contribution in [0, 0.1) is 0 Å². The molecule has 9 nitrogen and oxygen atoms in total. The van der Waals surface area contributed by atoms with E-state index in [1.54, 1.807) is 24.4 Å². The number of tetrazole rings is 1. The number of aryl methyl sites for hydroxylation is 1. The summed E-state index contributed by atoms with van der Waals surface area (Å²) in [5.41, 5.74) is 0.421. The molecule has 0 unspecified atom stereocenters. The molecule has 0 aliphatic heterocycles. The van der Waals surface area contributed by atoms with Gasteiger partial charge in [0.25, 0.3) is 16.0 Å². The van der Waals surface area contributed by atoms with Crippen molar-refractivity contribution in [2.45, 2.75) is 5.03 Å². The fourth-order valence-electron chi connectivity index (χ4n) is 1.68. The number of hydrogen-bond acceptors (Lipinski definition) is 6. The van der Waals surface area contributed by atoms with Crippen molar-refractivity contribution in [3.63, 3.8) is 0 Å². The average molecular weight is 314 g/mol. The van der Waals surface area contributed by atoms with E-state index in [0.29, 0.717) is 5.65 Å². The number of fused-ring (bicyclic) bond motifs is 1. The number of imidazole rings is 1. The highest BCUT2D eigenvalue weighted by Gasteiger charge is 2.25. The maximum absolute atomic E-state index is 12.3. The zero-order valence-corrected chi connectivity index (χ0v) is 11.7. The van der Waals surface area contributed by atoms with Crippen molar-refractivity contribution in [2.24, 2.45) is 7.05 Å². The molecule has 0 atom stereocenters. The van der Waals surface area contributed by atoms with E-state index in [1.165, 1.54) is 11.4 Å². The molecule has 0 spiro atoms. The number of sulfonamides is 1. The van der Waals surface area contributed by atoms with Gasteiger partial charge in [-0.2, -0.15) is 13.2 Å². The minimum Gasteiger partial charge on any atom is -0.288 e. The summed E-state index contributed by atoms with van der Waals surface area (Å²) in [6.45, 7) is 0. The van der Waals surface area contributed by atoms with Gasteiger partial charge >= 0.3 is 0 Å². The van der Waals surface area contributed by atoms with Gasteiger partial charge in [-0.1, -0.05) is 22.8 Å². The molecular formula is C9H8ClN7O2S. The van der Waals surface area contributed by atoms with E-state index in [4.69, 9.17) is 11.6 Å². The molecule has 0 aliphatic carbocycles. The SMILES string of the molecule is Cn1nnc(NS(=O)(=O)c2c(Cl)nc3ccccn23)n1. The monoisotopic (exact) mass is 313 g/mol. The van der Waals surface area contributed by atoms with Crippen molar-refractivity contribution >= 4 is 33.2 Å². The topological polar surface area (TPSA) is 107 Å². The van der Waals surface area contributed by atoms with Crippen LogP contribution in [0.2, 0.25) is 5.15 Å². The lowest BCUT2D eigenvalue weighted by Crippen LogP contribution is -2.16. The number of rotatable bonds is 3. The first-order chi connectivity index (χ1) is 9.47. The second-order valence-electron chi connectivity index (χ2n) is 3.84. The Morgan fingerprint density at radius 1 is 1.35 bits per heavy atom. The Kier molecular flexibility index (Phi) is 2.83. The molecule has 3 aromatic heterocycles. The summed E-state index contributed by atoms with van der Waals surface area (Å²) in [4.78, 5) is 5.11. The quantitative estimate of drug-likeness (QED) is 0.746. The van der Waals surface area contributed by atoms with Gasteiger partial charge in [-0.15, -0.1) is 5.10 Å². The molecule has 104 valence electrons. The largest absolute Gasteiger partial charge is 0.288 e. The van der Waals surface area contributed by atoms with Gasteiger partial charge in [-0.25, -0.2) is 9.71 Å². The average Bonchev–Trinajstić information content (AvgIpc) is 2.91. The van der Waals surface area contributed by atoms with Crippen LogP contribution in [0.25, 0.3) is 5.65 Å². The lowest BCUT2D eigenvalue weighted by molar-refractivity contribution is 0.596. The Bertz CT molecular complexity index is 885. The number of nitrogens with zero attached hydrogens (tertiary/aromatic N) is 6. The highest BCUT2D eigenvalue weighted by atomic mass is 35.5. The number of halogens is 1. The predicted molar refractivity (Wildman–Crippen MR) is 69.8 cm³/mol. The van der Waals surface area contributed by atoms with E-state index in [-0.39, 0.29) is 16.1 Å². The summed E-state index contributed by atoms with van der Waals surface area (Å²) in [6.07, 6.45) is 1.55. The fourth-order valence-corrected chi connectivity index (χ4v) is 3.26. The van der Waals surface area contributed by atoms with Crippen molar-refractivity contribution in [1.82, 2.24) is 29.6 Å². The number of aromatic nitrogens is 6. The molecule has 3 rings (SSSR count). The van der Waals surface area contributed by atoms with E-state index in [1.807, 2.05) is 0 Å². The smallest absolute Gasteiger partial charge is 0.283 e. The summed E-state index contributed by atoms with van der Waals surface area (Å²) >= 11 is 5.91. The van der Waals surface area contributed by atoms with Gasteiger partial charge < -0.3 is 0 Å². The second kappa shape index (κ2) is 4.42. The highest BCUT2D eigenvalue weighted by Crippen LogP contribution is 2.23. The first-order valence-electron chi connectivity index (χ1n) is 5.37. The Hall–Kier alpha value is -2.20. The molecule has 0 saturated carbocycles. The van der Waals surface area contributed by atoms with Crippen molar-refractivity contribution in [3.05, 3.63) is 29.5 Å². The third-order valence-corrected chi connectivity index (χ3v) is 4.16. The van der Waals surface area contributed by atoms with Crippen molar-refractivity contribution < 1.29 is 8.42 Å². The first kappa shape index (κ1) is 12.8. The van der Waals surface area contributed by atoms with Gasteiger partial charge in [0.2, 0.25) is 0 Å². The molecule has 11 heteroatoms. The molecule has 0 fully saturated rings. The van der Waals surface area contributed by atoms with Gasteiger partial charge in [0.05, 0.1) is 7.05 Å². The number of anilines is 1. The number of nitrogens with one attached hydrogen (secondary N) is 1. The molecule has 0 aliphatic rings. The van der Waals surface area contributed by atoms with Crippen LogP contribution in [-0.4, -0.2) is 38.0 Å². The van der Waals surface area contributed by atoms with Crippen molar-refractivity contribution in [1.29, 1.82) is 0 Å². The summed E-state index contributed by atoms with van der Waals surface area (Å²) in [6, 6.07) is 5.04. The predicted octanol–water partition coefficient (Wildman–Crippen LogP) is 0.312. The molecule has 0 amide bonds. The molecule has 3 heterocycles. The maximum atomic E-state index is 12.3. The van der Waals surface area contributed by atoms with E-state index in [2.05, 4.69) is 25.1 Å². The van der Waals surface area contributed by atoms with E-state index in [9.17, 15) is 8.42 Å². The summed E-state index contributed by atoms with van der Waals surface area (Å²) in [5.74, 6) is -0.144. The zero-order chi connectivity index (χ0) is 14.3. The van der Waals surface area contributed by atoms with Crippen LogP contribution >= 0.6 is 11.6 Å². The minimum absolute atomic E-state index is 0.132. The lowest BCUT2D eigenvalue weighted by Gasteiger charge is -2.04. The van der Waals surface area contributed by atoms with Gasteiger partial charge in [-0.05, 0) is 17.3 Å². The molecular weight excluding hydrogens is 306 g/mol. The van der Waals surface area contributed by atoms with Crippen LogP contribution in [0.15, 0.2) is 29.4 Å². The van der Waals surface area contributed by atoms with Crippen LogP contribution in [0.3, 0.4) is 0 Å². The van der Waals surface area contributed by atoms with Crippen LogP contribution in [0.5, 0.6) is 0 Å². The molecule has 0 radical (unpaired) electrons. The Labute approximate surface area is 118 Å². The molecule has 3 aromatic rings. The number of pyridine rings is 1. The Morgan fingerprint density at radius 3 is 2.85 bits per heavy atom. The standard InChI is InChI=1S/C9H8ClN7O2S/c1-16-13-9(12-15-16)14-20(18,19)8-7(10)11-6-4-2-3-5-17(6)8/h2-5H,1H3,(H,13,14). The third kappa shape index (κ3) is 2.08. The molecule has 20 heavy (non-hydrogen) atoms. The normalized spacial score (nSPS) is 11.9. The highest BCUT2D eigenvalue weighted by molar-refractivity contribution is 7.92. The summed E-state index contributed by atoms with van der Waals surface area (Å²) in [7, 11) is -2.45. The van der Waals surface area contributed by atoms with Crippen LogP contribution in [-0.2, 0) is 17.1 Å². The maximum Gasteiger partial charge on any atom is 0.283 e. The molecule has 0 aromatic carbocycles.